The number of morpholine rings is 1. The van der Waals surface area contributed by atoms with Crippen LogP contribution in [0.25, 0.3) is 0 Å². The van der Waals surface area contributed by atoms with Gasteiger partial charge in [-0.3, -0.25) is 14.5 Å². The quantitative estimate of drug-likeness (QED) is 0.287. The van der Waals surface area contributed by atoms with Gasteiger partial charge in [0.05, 0.1) is 32.6 Å². The van der Waals surface area contributed by atoms with Crippen molar-refractivity contribution in [3.8, 4) is 0 Å². The van der Waals surface area contributed by atoms with Crippen molar-refractivity contribution in [2.45, 2.75) is 64.8 Å². The van der Waals surface area contributed by atoms with Crippen LogP contribution >= 0.6 is 0 Å². The Morgan fingerprint density at radius 1 is 0.865 bits per heavy atom. The lowest BCUT2D eigenvalue weighted by Gasteiger charge is -2.31. The highest BCUT2D eigenvalue weighted by atomic mass is 16.5. The standard InChI is InChI=1S/C30H45N3O4/c1-2-3-4-5-6-10-15-29(34)33(19-18-31-20-23-36-24-21-31)26-30(35)32(25-28-14-11-22-37-28)17-16-27-12-8-7-9-13-27/h7-9,11-14,22H,2-6,10,15-21,23-26H2,1H3. The molecule has 7 nitrogen and oxygen atoms in total. The van der Waals surface area contributed by atoms with Crippen LogP contribution in [0, 0.1) is 0 Å². The molecule has 1 saturated heterocycles. The number of carbonyl (C=O) groups excluding carboxylic acids is 2. The van der Waals surface area contributed by atoms with E-state index in [9.17, 15) is 9.59 Å². The molecule has 0 atom stereocenters. The first-order valence-electron chi connectivity index (χ1n) is 14.1. The molecule has 0 unspecified atom stereocenters. The molecule has 1 aromatic carbocycles. The van der Waals surface area contributed by atoms with E-state index in [1.807, 2.05) is 35.2 Å². The molecule has 1 fully saturated rings. The molecule has 0 bridgehead atoms. The Morgan fingerprint density at radius 3 is 2.35 bits per heavy atom. The highest BCUT2D eigenvalue weighted by Crippen LogP contribution is 2.12. The van der Waals surface area contributed by atoms with Gasteiger partial charge in [-0.2, -0.15) is 0 Å². The molecule has 1 aromatic heterocycles. The maximum absolute atomic E-state index is 13.6. The summed E-state index contributed by atoms with van der Waals surface area (Å²) in [5.41, 5.74) is 1.18. The maximum atomic E-state index is 13.6. The number of nitrogens with zero attached hydrogens (tertiary/aromatic N) is 3. The number of hydrogen-bond donors (Lipinski definition) is 0. The van der Waals surface area contributed by atoms with E-state index in [1.165, 1.54) is 31.2 Å². The Hall–Kier alpha value is -2.64. The van der Waals surface area contributed by atoms with Crippen LogP contribution in [-0.4, -0.2) is 79.0 Å². The van der Waals surface area contributed by atoms with Crippen molar-refractivity contribution in [2.24, 2.45) is 0 Å². The van der Waals surface area contributed by atoms with Crippen LogP contribution in [0.5, 0.6) is 0 Å². The van der Waals surface area contributed by atoms with Gasteiger partial charge in [-0.25, -0.2) is 0 Å². The summed E-state index contributed by atoms with van der Waals surface area (Å²) in [7, 11) is 0. The van der Waals surface area contributed by atoms with E-state index in [4.69, 9.17) is 9.15 Å². The number of rotatable bonds is 17. The summed E-state index contributed by atoms with van der Waals surface area (Å²) in [5.74, 6) is 0.795. The molecule has 0 aliphatic carbocycles. The number of hydrogen-bond acceptors (Lipinski definition) is 5. The molecule has 2 aromatic rings. The van der Waals surface area contributed by atoms with Crippen molar-refractivity contribution in [3.63, 3.8) is 0 Å². The first-order valence-corrected chi connectivity index (χ1v) is 14.1. The number of ether oxygens (including phenoxy) is 1. The zero-order chi connectivity index (χ0) is 26.1. The third-order valence-corrected chi connectivity index (χ3v) is 7.01. The van der Waals surface area contributed by atoms with E-state index in [1.54, 1.807) is 11.2 Å². The van der Waals surface area contributed by atoms with Crippen LogP contribution in [0.2, 0.25) is 0 Å². The molecule has 0 radical (unpaired) electrons. The SMILES string of the molecule is CCCCCCCCC(=O)N(CCN1CCOCC1)CC(=O)N(CCc1ccccc1)Cc1ccco1. The minimum atomic E-state index is -0.0365. The van der Waals surface area contributed by atoms with Gasteiger partial charge >= 0.3 is 0 Å². The lowest BCUT2D eigenvalue weighted by atomic mass is 10.1. The van der Waals surface area contributed by atoms with Crippen molar-refractivity contribution in [3.05, 3.63) is 60.1 Å². The fraction of sp³-hybridized carbons (Fsp3) is 0.600. The van der Waals surface area contributed by atoms with Crippen molar-refractivity contribution in [1.29, 1.82) is 0 Å². The van der Waals surface area contributed by atoms with Crippen molar-refractivity contribution >= 4 is 11.8 Å². The van der Waals surface area contributed by atoms with Crippen LogP contribution in [0.1, 0.15) is 63.2 Å². The third-order valence-electron chi connectivity index (χ3n) is 7.01. The Balaban J connectivity index is 1.60. The van der Waals surface area contributed by atoms with Gasteiger partial charge in [-0.1, -0.05) is 69.4 Å². The highest BCUT2D eigenvalue weighted by molar-refractivity contribution is 5.84. The minimum Gasteiger partial charge on any atom is -0.467 e. The maximum Gasteiger partial charge on any atom is 0.242 e. The summed E-state index contributed by atoms with van der Waals surface area (Å²) in [6.45, 7) is 7.81. The molecule has 37 heavy (non-hydrogen) atoms. The Kier molecular flexibility index (Phi) is 13.3. The Bertz CT molecular complexity index is 881. The van der Waals surface area contributed by atoms with Crippen LogP contribution in [0.4, 0.5) is 0 Å². The lowest BCUT2D eigenvalue weighted by Crippen LogP contribution is -2.47. The second-order valence-electron chi connectivity index (χ2n) is 9.92. The highest BCUT2D eigenvalue weighted by Gasteiger charge is 2.23. The molecule has 2 amide bonds. The fourth-order valence-electron chi connectivity index (χ4n) is 4.65. The molecule has 1 aliphatic heterocycles. The van der Waals surface area contributed by atoms with Gasteiger partial charge in [0.2, 0.25) is 11.8 Å². The van der Waals surface area contributed by atoms with E-state index in [2.05, 4.69) is 24.0 Å². The molecule has 7 heteroatoms. The summed E-state index contributed by atoms with van der Waals surface area (Å²) < 4.78 is 11.0. The third kappa shape index (κ3) is 11.1. The smallest absolute Gasteiger partial charge is 0.242 e. The van der Waals surface area contributed by atoms with Crippen molar-refractivity contribution in [2.75, 3.05) is 52.5 Å². The van der Waals surface area contributed by atoms with Crippen LogP contribution in [-0.2, 0) is 27.3 Å². The molecular formula is C30H45N3O4. The van der Waals surface area contributed by atoms with E-state index >= 15 is 0 Å². The van der Waals surface area contributed by atoms with Gasteiger partial charge < -0.3 is 19.0 Å². The largest absolute Gasteiger partial charge is 0.467 e. The molecule has 0 saturated carbocycles. The molecule has 0 spiro atoms. The molecule has 204 valence electrons. The second kappa shape index (κ2) is 17.0. The zero-order valence-corrected chi connectivity index (χ0v) is 22.6. The van der Waals surface area contributed by atoms with Gasteiger partial charge in [0.15, 0.2) is 0 Å². The average molecular weight is 512 g/mol. The Morgan fingerprint density at radius 2 is 1.62 bits per heavy atom. The van der Waals surface area contributed by atoms with E-state index in [-0.39, 0.29) is 18.4 Å². The summed E-state index contributed by atoms with van der Waals surface area (Å²) in [4.78, 5) is 32.7. The van der Waals surface area contributed by atoms with Gasteiger partial charge in [0, 0.05) is 39.1 Å². The van der Waals surface area contributed by atoms with E-state index in [0.717, 1.165) is 57.9 Å². The van der Waals surface area contributed by atoms with Crippen LogP contribution in [0.15, 0.2) is 53.1 Å². The topological polar surface area (TPSA) is 66.2 Å². The Labute approximate surface area is 222 Å². The fourth-order valence-corrected chi connectivity index (χ4v) is 4.65. The number of carbonyl (C=O) groups is 2. The normalized spacial score (nSPS) is 14.0. The van der Waals surface area contributed by atoms with Gasteiger partial charge in [-0.15, -0.1) is 0 Å². The summed E-state index contributed by atoms with van der Waals surface area (Å²) >= 11 is 0. The molecule has 3 rings (SSSR count). The van der Waals surface area contributed by atoms with Gasteiger partial charge in [-0.05, 0) is 30.5 Å². The molecular weight excluding hydrogens is 466 g/mol. The number of furan rings is 1. The number of benzene rings is 1. The first kappa shape index (κ1) is 28.9. The van der Waals surface area contributed by atoms with Gasteiger partial charge in [0.1, 0.15) is 5.76 Å². The summed E-state index contributed by atoms with van der Waals surface area (Å²) in [5, 5.41) is 0. The van der Waals surface area contributed by atoms with E-state index in [0.29, 0.717) is 26.1 Å². The molecule has 0 N–H and O–H groups in total. The monoisotopic (exact) mass is 511 g/mol. The average Bonchev–Trinajstić information content (AvgIpc) is 3.45. The number of unbranched alkanes of at least 4 members (excludes halogenated alkanes) is 5. The first-order chi connectivity index (χ1) is 18.2. The second-order valence-corrected chi connectivity index (χ2v) is 9.92. The van der Waals surface area contributed by atoms with E-state index < -0.39 is 0 Å². The molecule has 1 aliphatic rings. The van der Waals surface area contributed by atoms with Gasteiger partial charge in [0.25, 0.3) is 0 Å². The summed E-state index contributed by atoms with van der Waals surface area (Å²) in [6.07, 6.45) is 9.72. The summed E-state index contributed by atoms with van der Waals surface area (Å²) in [6, 6.07) is 13.9. The predicted octanol–water partition coefficient (Wildman–Crippen LogP) is 4.76. The van der Waals surface area contributed by atoms with Crippen molar-refractivity contribution < 1.29 is 18.7 Å². The zero-order valence-electron chi connectivity index (χ0n) is 22.6. The number of amides is 2. The minimum absolute atomic E-state index is 0.0365. The lowest BCUT2D eigenvalue weighted by molar-refractivity contribution is -0.141. The van der Waals surface area contributed by atoms with Crippen LogP contribution < -0.4 is 0 Å². The van der Waals surface area contributed by atoms with Crippen molar-refractivity contribution in [1.82, 2.24) is 14.7 Å². The predicted molar refractivity (Wildman–Crippen MR) is 146 cm³/mol. The molecule has 2 heterocycles. The van der Waals surface area contributed by atoms with Crippen LogP contribution in [0.3, 0.4) is 0 Å².